The van der Waals surface area contributed by atoms with E-state index < -0.39 is 0 Å². The normalized spacial score (nSPS) is 5.00. The van der Waals surface area contributed by atoms with Crippen LogP contribution in [-0.2, 0) is 13.5 Å². The Morgan fingerprint density at radius 1 is 1.00 bits per heavy atom. The molecule has 0 spiro atoms. The van der Waals surface area contributed by atoms with Gasteiger partial charge in [-0.25, -0.2) is 0 Å². The molecule has 0 heterocycles. The van der Waals surface area contributed by atoms with Crippen LogP contribution in [0.1, 0.15) is 0 Å². The van der Waals surface area contributed by atoms with Crippen LogP contribution in [0, 0.1) is 0 Å². The van der Waals surface area contributed by atoms with Gasteiger partial charge in [-0.3, -0.25) is 0 Å². The van der Waals surface area contributed by atoms with Gasteiger partial charge in [-0.15, -0.1) is 0 Å². The second-order valence-electron chi connectivity index (χ2n) is 0.447. The zero-order chi connectivity index (χ0) is 3.41. The minimum Gasteiger partial charge on any atom is -0.813 e. The van der Waals surface area contributed by atoms with E-state index in [9.17, 15) is 0 Å². The Morgan fingerprint density at radius 3 is 1.17 bits per heavy atom. The molecular formula is C2H7NaO2S. The molecule has 0 saturated heterocycles. The molecule has 0 rings (SSSR count). The van der Waals surface area contributed by atoms with Crippen molar-refractivity contribution in [2.45, 2.75) is 0 Å². The van der Waals surface area contributed by atoms with Crippen molar-refractivity contribution in [1.29, 1.82) is 0 Å². The van der Waals surface area contributed by atoms with Gasteiger partial charge in [0.1, 0.15) is 0 Å². The maximum Gasteiger partial charge on any atom is 1.00 e. The van der Waals surface area contributed by atoms with Crippen LogP contribution in [0.2, 0.25) is 0 Å². The molecule has 0 unspecified atom stereocenters. The first-order valence-corrected chi connectivity index (χ1v) is 1.13. The summed E-state index contributed by atoms with van der Waals surface area (Å²) < 4.78 is 0. The van der Waals surface area contributed by atoms with Crippen LogP contribution in [0.5, 0.6) is 0 Å². The van der Waals surface area contributed by atoms with Crippen molar-refractivity contribution >= 4 is 13.5 Å². The minimum absolute atomic E-state index is 0. The van der Waals surface area contributed by atoms with Crippen LogP contribution in [-0.4, -0.2) is 23.4 Å². The average Bonchev–Trinajstić information content (AvgIpc) is 1.37. The van der Waals surface area contributed by atoms with Gasteiger partial charge in [-0.05, 0) is 0 Å². The molecule has 0 aliphatic rings. The summed E-state index contributed by atoms with van der Waals surface area (Å²) in [5.74, 6) is 0. The summed E-state index contributed by atoms with van der Waals surface area (Å²) in [4.78, 5) is 0. The van der Waals surface area contributed by atoms with Crippen LogP contribution >= 0.6 is 0 Å². The van der Waals surface area contributed by atoms with Crippen molar-refractivity contribution in [2.75, 3.05) is 13.2 Å². The molecule has 0 bridgehead atoms. The summed E-state index contributed by atoms with van der Waals surface area (Å²) in [6.07, 6.45) is 0. The Morgan fingerprint density at radius 2 is 1.17 bits per heavy atom. The van der Waals surface area contributed by atoms with Crippen LogP contribution in [0.15, 0.2) is 0 Å². The Kier molecular flexibility index (Phi) is 42.5. The smallest absolute Gasteiger partial charge is 0.813 e. The molecule has 0 amide bonds. The summed E-state index contributed by atoms with van der Waals surface area (Å²) >= 11 is 0. The average molecular weight is 118 g/mol. The van der Waals surface area contributed by atoms with E-state index in [0.717, 1.165) is 0 Å². The van der Waals surface area contributed by atoms with Gasteiger partial charge < -0.3 is 23.7 Å². The number of aliphatic hydroxyl groups is 2. The monoisotopic (exact) mass is 118 g/mol. The SMILES string of the molecule is OCCO.[Na+].[SH-]. The van der Waals surface area contributed by atoms with E-state index in [4.69, 9.17) is 10.2 Å². The molecule has 2 N–H and O–H groups in total. The molecular weight excluding hydrogens is 111 g/mol. The second-order valence-corrected chi connectivity index (χ2v) is 0.447. The molecule has 4 heteroatoms. The quantitative estimate of drug-likeness (QED) is 0.208. The summed E-state index contributed by atoms with van der Waals surface area (Å²) in [5, 5.41) is 15.2. The van der Waals surface area contributed by atoms with Gasteiger partial charge >= 0.3 is 29.6 Å². The van der Waals surface area contributed by atoms with Crippen LogP contribution in [0.25, 0.3) is 0 Å². The van der Waals surface area contributed by atoms with Crippen molar-refractivity contribution in [1.82, 2.24) is 0 Å². The molecule has 34 valence electrons. The molecule has 0 aromatic rings. The van der Waals surface area contributed by atoms with Crippen LogP contribution in [0.3, 0.4) is 0 Å². The van der Waals surface area contributed by atoms with Crippen molar-refractivity contribution in [2.24, 2.45) is 0 Å². The van der Waals surface area contributed by atoms with Gasteiger partial charge in [-0.1, -0.05) is 0 Å². The van der Waals surface area contributed by atoms with Crippen molar-refractivity contribution in [3.05, 3.63) is 0 Å². The van der Waals surface area contributed by atoms with E-state index >= 15 is 0 Å². The molecule has 6 heavy (non-hydrogen) atoms. The number of aliphatic hydroxyl groups excluding tert-OH is 2. The molecule has 0 aliphatic heterocycles. The van der Waals surface area contributed by atoms with Crippen molar-refractivity contribution < 1.29 is 39.8 Å². The number of hydrogen-bond donors (Lipinski definition) is 2. The van der Waals surface area contributed by atoms with E-state index in [2.05, 4.69) is 0 Å². The fraction of sp³-hybridized carbons (Fsp3) is 1.00. The molecule has 0 atom stereocenters. The van der Waals surface area contributed by atoms with Crippen LogP contribution < -0.4 is 29.6 Å². The van der Waals surface area contributed by atoms with E-state index in [-0.39, 0.29) is 56.3 Å². The maximum atomic E-state index is 7.62. The first kappa shape index (κ1) is 15.7. The Balaban J connectivity index is -0.0000000450. The van der Waals surface area contributed by atoms with Crippen molar-refractivity contribution in [3.63, 3.8) is 0 Å². The molecule has 0 radical (unpaired) electrons. The number of hydrogen-bond acceptors (Lipinski definition) is 3. The first-order chi connectivity index (χ1) is 1.91. The minimum atomic E-state index is -0.125. The zero-order valence-electron chi connectivity index (χ0n) is 3.76. The molecule has 0 saturated carbocycles. The van der Waals surface area contributed by atoms with E-state index in [0.29, 0.717) is 0 Å². The summed E-state index contributed by atoms with van der Waals surface area (Å²) in [5.41, 5.74) is 0. The van der Waals surface area contributed by atoms with Crippen LogP contribution in [0.4, 0.5) is 0 Å². The Hall–Kier alpha value is 1.27. The zero-order valence-corrected chi connectivity index (χ0v) is 6.65. The summed E-state index contributed by atoms with van der Waals surface area (Å²) in [6, 6.07) is 0. The third-order valence-corrected chi connectivity index (χ3v) is 0.1000. The van der Waals surface area contributed by atoms with E-state index in [1.165, 1.54) is 0 Å². The van der Waals surface area contributed by atoms with Gasteiger partial charge in [0, 0.05) is 0 Å². The third-order valence-electron chi connectivity index (χ3n) is 0.1000. The van der Waals surface area contributed by atoms with Gasteiger partial charge in [0.15, 0.2) is 0 Å². The topological polar surface area (TPSA) is 40.5 Å². The van der Waals surface area contributed by atoms with Crippen molar-refractivity contribution in [3.8, 4) is 0 Å². The predicted octanol–water partition coefficient (Wildman–Crippen LogP) is -4.30. The molecule has 0 aromatic heterocycles. The molecule has 0 fully saturated rings. The Labute approximate surface area is 66.3 Å². The van der Waals surface area contributed by atoms with E-state index in [1.54, 1.807) is 0 Å². The third kappa shape index (κ3) is 18.6. The summed E-state index contributed by atoms with van der Waals surface area (Å²) in [6.45, 7) is -0.250. The number of thiol groups is 1. The van der Waals surface area contributed by atoms with Gasteiger partial charge in [-0.2, -0.15) is 0 Å². The fourth-order valence-corrected chi connectivity index (χ4v) is 0. The number of rotatable bonds is 1. The summed E-state index contributed by atoms with van der Waals surface area (Å²) in [7, 11) is 0. The first-order valence-electron chi connectivity index (χ1n) is 1.13. The molecule has 0 aromatic carbocycles. The molecule has 2 nitrogen and oxygen atoms in total. The van der Waals surface area contributed by atoms with Gasteiger partial charge in [0.2, 0.25) is 0 Å². The Bertz CT molecular complexity index is 13.5. The fourth-order valence-electron chi connectivity index (χ4n) is 0. The standard InChI is InChI=1S/C2H6O2.Na.H2S/c3-1-2-4;;/h3-4H,1-2H2;;1H2/q;+1;/p-1. The maximum absolute atomic E-state index is 7.62. The second kappa shape index (κ2) is 16.3. The van der Waals surface area contributed by atoms with E-state index in [1.807, 2.05) is 0 Å². The van der Waals surface area contributed by atoms with Gasteiger partial charge in [0.05, 0.1) is 13.2 Å². The van der Waals surface area contributed by atoms with Gasteiger partial charge in [0.25, 0.3) is 0 Å². The largest absolute Gasteiger partial charge is 1.00 e. The molecule has 0 aliphatic carbocycles. The predicted molar refractivity (Wildman–Crippen MR) is 22.9 cm³/mol.